The van der Waals surface area contributed by atoms with Gasteiger partial charge >= 0.3 is 5.97 Å². The first kappa shape index (κ1) is 18.5. The van der Waals surface area contributed by atoms with Gasteiger partial charge in [-0.3, -0.25) is 4.79 Å². The third kappa shape index (κ3) is 5.10. The molecule has 1 unspecified atom stereocenters. The lowest BCUT2D eigenvalue weighted by Gasteiger charge is -2.08. The summed E-state index contributed by atoms with van der Waals surface area (Å²) in [7, 11) is 0. The lowest BCUT2D eigenvalue weighted by Crippen LogP contribution is -2.25. The second-order valence-electron chi connectivity index (χ2n) is 5.49. The number of hydrogen-bond acceptors (Lipinski definition) is 6. The molecule has 136 valence electrons. The largest absolute Gasteiger partial charge is 0.422 e. The standard InChI is InChI=1S/C20H16N2O4S/c23-18(15-7-2-1-3-8-15)19(24)22-21-13-14-6-4-9-16(12-14)26-20(25)17-10-5-11-27-17/h1-13,18,23H,(H,22,24)/b21-13+. The molecule has 0 radical (unpaired) electrons. The van der Waals surface area contributed by atoms with Gasteiger partial charge in [0.05, 0.1) is 6.21 Å². The number of rotatable bonds is 6. The van der Waals surface area contributed by atoms with E-state index in [0.29, 0.717) is 21.8 Å². The Hall–Kier alpha value is -3.29. The van der Waals surface area contributed by atoms with Gasteiger partial charge in [0.2, 0.25) is 0 Å². The van der Waals surface area contributed by atoms with Crippen molar-refractivity contribution in [3.8, 4) is 5.75 Å². The zero-order chi connectivity index (χ0) is 19.1. The fourth-order valence-corrected chi connectivity index (χ4v) is 2.83. The molecule has 2 N–H and O–H groups in total. The Labute approximate surface area is 159 Å². The minimum atomic E-state index is -1.30. The molecule has 0 spiro atoms. The summed E-state index contributed by atoms with van der Waals surface area (Å²) in [4.78, 5) is 24.4. The van der Waals surface area contributed by atoms with Crippen LogP contribution in [0.2, 0.25) is 0 Å². The minimum absolute atomic E-state index is 0.369. The van der Waals surface area contributed by atoms with E-state index in [4.69, 9.17) is 4.74 Å². The number of ether oxygens (including phenoxy) is 1. The molecule has 1 amide bonds. The molecule has 0 fully saturated rings. The third-order valence-corrected chi connectivity index (χ3v) is 4.39. The summed E-state index contributed by atoms with van der Waals surface area (Å²) in [6.45, 7) is 0. The second kappa shape index (κ2) is 8.88. The van der Waals surface area contributed by atoms with E-state index in [9.17, 15) is 14.7 Å². The van der Waals surface area contributed by atoms with E-state index >= 15 is 0 Å². The van der Waals surface area contributed by atoms with Crippen LogP contribution in [0.25, 0.3) is 0 Å². The van der Waals surface area contributed by atoms with Crippen LogP contribution in [-0.4, -0.2) is 23.2 Å². The summed E-state index contributed by atoms with van der Waals surface area (Å²) in [5.74, 6) is -0.705. The Morgan fingerprint density at radius 2 is 1.89 bits per heavy atom. The minimum Gasteiger partial charge on any atom is -0.422 e. The number of aliphatic hydroxyl groups is 1. The molecule has 1 heterocycles. The Bertz CT molecular complexity index is 940. The van der Waals surface area contributed by atoms with Crippen LogP contribution in [0, 0.1) is 0 Å². The molecule has 2 aromatic carbocycles. The topological polar surface area (TPSA) is 88.0 Å². The predicted octanol–water partition coefficient (Wildman–Crippen LogP) is 3.15. The van der Waals surface area contributed by atoms with Gasteiger partial charge in [-0.25, -0.2) is 10.2 Å². The Balaban J connectivity index is 1.59. The molecule has 0 aliphatic heterocycles. The molecule has 1 aromatic heterocycles. The summed E-state index contributed by atoms with van der Waals surface area (Å²) in [5, 5.41) is 15.6. The van der Waals surface area contributed by atoms with E-state index < -0.39 is 18.0 Å². The maximum atomic E-state index is 12.0. The third-order valence-electron chi connectivity index (χ3n) is 3.54. The smallest absolute Gasteiger partial charge is 0.353 e. The van der Waals surface area contributed by atoms with Gasteiger partial charge in [-0.15, -0.1) is 11.3 Å². The number of carbonyl (C=O) groups is 2. The molecule has 0 bridgehead atoms. The van der Waals surface area contributed by atoms with Crippen molar-refractivity contribution in [1.82, 2.24) is 5.43 Å². The van der Waals surface area contributed by atoms with Crippen molar-refractivity contribution in [2.75, 3.05) is 0 Å². The van der Waals surface area contributed by atoms with Crippen molar-refractivity contribution >= 4 is 29.4 Å². The molecule has 1 atom stereocenters. The molecule has 27 heavy (non-hydrogen) atoms. The first-order valence-electron chi connectivity index (χ1n) is 8.05. The molecule has 7 heteroatoms. The van der Waals surface area contributed by atoms with Crippen LogP contribution >= 0.6 is 11.3 Å². The Kier molecular flexibility index (Phi) is 6.09. The van der Waals surface area contributed by atoms with Crippen molar-refractivity contribution in [2.45, 2.75) is 6.10 Å². The van der Waals surface area contributed by atoms with Crippen LogP contribution in [0.3, 0.4) is 0 Å². The summed E-state index contributed by atoms with van der Waals surface area (Å²) in [5.41, 5.74) is 3.39. The molecule has 3 aromatic rings. The van der Waals surface area contributed by atoms with Gasteiger partial charge in [-0.2, -0.15) is 5.10 Å². The van der Waals surface area contributed by atoms with E-state index in [1.165, 1.54) is 17.6 Å². The van der Waals surface area contributed by atoms with Gasteiger partial charge in [0.25, 0.3) is 5.91 Å². The number of nitrogens with one attached hydrogen (secondary N) is 1. The highest BCUT2D eigenvalue weighted by molar-refractivity contribution is 7.12. The summed E-state index contributed by atoms with van der Waals surface area (Å²) < 4.78 is 5.31. The van der Waals surface area contributed by atoms with E-state index in [0.717, 1.165) is 0 Å². The van der Waals surface area contributed by atoms with Crippen molar-refractivity contribution in [3.63, 3.8) is 0 Å². The molecule has 0 saturated carbocycles. The molecule has 0 aliphatic rings. The summed E-state index contributed by atoms with van der Waals surface area (Å²) in [6, 6.07) is 18.8. The van der Waals surface area contributed by atoms with Gasteiger partial charge in [0, 0.05) is 0 Å². The van der Waals surface area contributed by atoms with E-state index in [1.54, 1.807) is 72.1 Å². The SMILES string of the molecule is O=C(Oc1cccc(/C=N/NC(=O)C(O)c2ccccc2)c1)c1cccs1. The number of carbonyl (C=O) groups excluding carboxylic acids is 2. The van der Waals surface area contributed by atoms with Gasteiger partial charge in [0.1, 0.15) is 10.6 Å². The summed E-state index contributed by atoms with van der Waals surface area (Å²) in [6.07, 6.45) is 0.0967. The lowest BCUT2D eigenvalue weighted by molar-refractivity contribution is -0.129. The van der Waals surface area contributed by atoms with Gasteiger partial charge < -0.3 is 9.84 Å². The molecule has 0 aliphatic carbocycles. The van der Waals surface area contributed by atoms with E-state index in [-0.39, 0.29) is 0 Å². The number of nitrogens with zero attached hydrogens (tertiary/aromatic N) is 1. The van der Waals surface area contributed by atoms with Crippen molar-refractivity contribution in [3.05, 3.63) is 88.1 Å². The maximum Gasteiger partial charge on any atom is 0.353 e. The van der Waals surface area contributed by atoms with Gasteiger partial charge in [-0.1, -0.05) is 48.5 Å². The van der Waals surface area contributed by atoms with Crippen LogP contribution in [0.1, 0.15) is 26.9 Å². The first-order valence-corrected chi connectivity index (χ1v) is 8.93. The van der Waals surface area contributed by atoms with Crippen molar-refractivity contribution in [2.24, 2.45) is 5.10 Å². The van der Waals surface area contributed by atoms with Crippen LogP contribution < -0.4 is 10.2 Å². The first-order chi connectivity index (χ1) is 13.1. The van der Waals surface area contributed by atoms with Crippen molar-refractivity contribution < 1.29 is 19.4 Å². The average Bonchev–Trinajstić information content (AvgIpc) is 3.23. The fraction of sp³-hybridized carbons (Fsp3) is 0.0500. The fourth-order valence-electron chi connectivity index (χ4n) is 2.23. The molecule has 0 saturated heterocycles. The number of esters is 1. The predicted molar refractivity (Wildman–Crippen MR) is 103 cm³/mol. The van der Waals surface area contributed by atoms with E-state index in [1.807, 2.05) is 0 Å². The molecular formula is C20H16N2O4S. The molecular weight excluding hydrogens is 364 g/mol. The lowest BCUT2D eigenvalue weighted by atomic mass is 10.1. The van der Waals surface area contributed by atoms with Crippen LogP contribution in [0.4, 0.5) is 0 Å². The Morgan fingerprint density at radius 1 is 1.07 bits per heavy atom. The zero-order valence-corrected chi connectivity index (χ0v) is 14.9. The quantitative estimate of drug-likeness (QED) is 0.298. The monoisotopic (exact) mass is 380 g/mol. The van der Waals surface area contributed by atoms with Crippen LogP contribution in [0.15, 0.2) is 77.2 Å². The van der Waals surface area contributed by atoms with Gasteiger partial charge in [-0.05, 0) is 34.7 Å². The molecule has 3 rings (SSSR count). The number of hydrogen-bond donors (Lipinski definition) is 2. The van der Waals surface area contributed by atoms with Gasteiger partial charge in [0.15, 0.2) is 6.10 Å². The molecule has 6 nitrogen and oxygen atoms in total. The van der Waals surface area contributed by atoms with E-state index in [2.05, 4.69) is 10.5 Å². The Morgan fingerprint density at radius 3 is 2.63 bits per heavy atom. The highest BCUT2D eigenvalue weighted by Gasteiger charge is 2.16. The van der Waals surface area contributed by atoms with Crippen LogP contribution in [-0.2, 0) is 4.79 Å². The maximum absolute atomic E-state index is 12.0. The van der Waals surface area contributed by atoms with Crippen LogP contribution in [0.5, 0.6) is 5.75 Å². The van der Waals surface area contributed by atoms with Crippen molar-refractivity contribution in [1.29, 1.82) is 0 Å². The second-order valence-corrected chi connectivity index (χ2v) is 6.43. The number of thiophene rings is 1. The number of benzene rings is 2. The number of amides is 1. The highest BCUT2D eigenvalue weighted by Crippen LogP contribution is 2.17. The highest BCUT2D eigenvalue weighted by atomic mass is 32.1. The normalized spacial score (nSPS) is 11.9. The number of hydrazone groups is 1. The zero-order valence-electron chi connectivity index (χ0n) is 14.1. The average molecular weight is 380 g/mol. The number of aliphatic hydroxyl groups excluding tert-OH is 1. The summed E-state index contributed by atoms with van der Waals surface area (Å²) >= 11 is 1.30.